The minimum atomic E-state index is -0.735. The monoisotopic (exact) mass is 445 g/mol. The van der Waals surface area contributed by atoms with Crippen molar-refractivity contribution in [3.05, 3.63) is 64.1 Å². The topological polar surface area (TPSA) is 60.9 Å². The van der Waals surface area contributed by atoms with Crippen molar-refractivity contribution < 1.29 is 14.4 Å². The number of halogens is 2. The summed E-state index contributed by atoms with van der Waals surface area (Å²) >= 11 is 12.1. The van der Waals surface area contributed by atoms with Gasteiger partial charge in [-0.3, -0.25) is 14.4 Å². The first-order chi connectivity index (χ1) is 14.4. The molecule has 0 N–H and O–H groups in total. The molecule has 156 valence electrons. The van der Waals surface area contributed by atoms with E-state index in [-0.39, 0.29) is 30.6 Å². The van der Waals surface area contributed by atoms with Gasteiger partial charge in [0.25, 0.3) is 5.91 Å². The van der Waals surface area contributed by atoms with Crippen molar-refractivity contribution in [2.45, 2.75) is 12.5 Å². The number of carbonyl (C=O) groups is 3. The van der Waals surface area contributed by atoms with E-state index in [2.05, 4.69) is 4.90 Å². The van der Waals surface area contributed by atoms with E-state index in [0.717, 1.165) is 5.69 Å². The van der Waals surface area contributed by atoms with Crippen LogP contribution < -0.4 is 4.90 Å². The van der Waals surface area contributed by atoms with Crippen molar-refractivity contribution in [2.75, 3.05) is 37.6 Å². The van der Waals surface area contributed by atoms with Gasteiger partial charge in [0.05, 0.1) is 16.6 Å². The molecule has 0 spiro atoms. The predicted octanol–water partition coefficient (Wildman–Crippen LogP) is 3.13. The molecule has 0 bridgehead atoms. The summed E-state index contributed by atoms with van der Waals surface area (Å²) < 4.78 is 0. The molecule has 2 aliphatic rings. The van der Waals surface area contributed by atoms with Gasteiger partial charge in [-0.15, -0.1) is 0 Å². The van der Waals surface area contributed by atoms with E-state index in [4.69, 9.17) is 23.2 Å². The number of likely N-dealkylation sites (tertiary alicyclic amines) is 1. The van der Waals surface area contributed by atoms with E-state index in [1.54, 1.807) is 35.2 Å². The van der Waals surface area contributed by atoms with E-state index in [1.165, 1.54) is 4.90 Å². The molecule has 2 fully saturated rings. The molecule has 30 heavy (non-hydrogen) atoms. The largest absolute Gasteiger partial charge is 0.368 e. The molecule has 1 unspecified atom stereocenters. The van der Waals surface area contributed by atoms with Gasteiger partial charge >= 0.3 is 0 Å². The smallest absolute Gasteiger partial charge is 0.254 e. The van der Waals surface area contributed by atoms with Crippen molar-refractivity contribution in [2.24, 2.45) is 0 Å². The van der Waals surface area contributed by atoms with Gasteiger partial charge in [0.15, 0.2) is 5.78 Å². The molecule has 2 heterocycles. The number of ketones is 1. The molecule has 1 atom stereocenters. The van der Waals surface area contributed by atoms with Crippen molar-refractivity contribution in [1.82, 2.24) is 9.80 Å². The maximum Gasteiger partial charge on any atom is 0.254 e. The molecular weight excluding hydrogens is 425 g/mol. The normalized spacial score (nSPS) is 19.3. The van der Waals surface area contributed by atoms with Crippen molar-refractivity contribution >= 4 is 46.5 Å². The van der Waals surface area contributed by atoms with Crippen LogP contribution >= 0.6 is 23.2 Å². The first kappa shape index (κ1) is 20.7. The molecule has 0 aliphatic carbocycles. The molecule has 2 aliphatic heterocycles. The summed E-state index contributed by atoms with van der Waals surface area (Å²) in [6.45, 7) is 2.27. The van der Waals surface area contributed by atoms with E-state index in [1.807, 2.05) is 18.2 Å². The van der Waals surface area contributed by atoms with E-state index in [0.29, 0.717) is 41.8 Å². The van der Waals surface area contributed by atoms with Crippen LogP contribution in [0.4, 0.5) is 5.69 Å². The van der Waals surface area contributed by atoms with Gasteiger partial charge in [0.2, 0.25) is 5.91 Å². The summed E-state index contributed by atoms with van der Waals surface area (Å²) in [4.78, 5) is 43.4. The Kier molecular flexibility index (Phi) is 5.97. The molecule has 0 saturated carbocycles. The first-order valence-electron chi connectivity index (χ1n) is 9.80. The number of rotatable bonds is 3. The SMILES string of the molecule is O=C1CC(C(=O)N2CCN(c3ccc(Cl)c(Cl)c3)CC2)N(C(=O)c2ccccc2)C1. The van der Waals surface area contributed by atoms with Gasteiger partial charge in [-0.2, -0.15) is 0 Å². The summed E-state index contributed by atoms with van der Waals surface area (Å²) in [5.74, 6) is -0.541. The van der Waals surface area contributed by atoms with Crippen LogP contribution in [-0.4, -0.2) is 66.2 Å². The highest BCUT2D eigenvalue weighted by molar-refractivity contribution is 6.42. The number of carbonyl (C=O) groups excluding carboxylic acids is 3. The van der Waals surface area contributed by atoms with Gasteiger partial charge in [-0.1, -0.05) is 41.4 Å². The van der Waals surface area contributed by atoms with E-state index < -0.39 is 6.04 Å². The summed E-state index contributed by atoms with van der Waals surface area (Å²) in [5, 5.41) is 0.996. The maximum atomic E-state index is 13.2. The number of hydrogen-bond acceptors (Lipinski definition) is 4. The molecule has 2 saturated heterocycles. The minimum absolute atomic E-state index is 0.0205. The molecule has 4 rings (SSSR count). The number of Topliss-reactive ketones (excluding diaryl/α,β-unsaturated/α-hetero) is 1. The molecule has 6 nitrogen and oxygen atoms in total. The first-order valence-corrected chi connectivity index (χ1v) is 10.6. The Labute approximate surface area is 184 Å². The average molecular weight is 446 g/mol. The Morgan fingerprint density at radius 3 is 2.27 bits per heavy atom. The highest BCUT2D eigenvalue weighted by Gasteiger charge is 2.41. The van der Waals surface area contributed by atoms with Gasteiger partial charge in [-0.25, -0.2) is 0 Å². The molecule has 0 radical (unpaired) electrons. The number of amides is 2. The third kappa shape index (κ3) is 4.16. The number of nitrogens with zero attached hydrogens (tertiary/aromatic N) is 3. The fraction of sp³-hybridized carbons (Fsp3) is 0.318. The Hall–Kier alpha value is -2.57. The van der Waals surface area contributed by atoms with Crippen molar-refractivity contribution in [3.8, 4) is 0 Å². The Morgan fingerprint density at radius 2 is 1.60 bits per heavy atom. The van der Waals surface area contributed by atoms with Crippen molar-refractivity contribution in [1.29, 1.82) is 0 Å². The maximum absolute atomic E-state index is 13.2. The molecule has 0 aromatic heterocycles. The highest BCUT2D eigenvalue weighted by Crippen LogP contribution is 2.28. The van der Waals surface area contributed by atoms with Gasteiger partial charge < -0.3 is 14.7 Å². The number of piperazine rings is 1. The van der Waals surface area contributed by atoms with Crippen LogP contribution in [0.25, 0.3) is 0 Å². The third-order valence-electron chi connectivity index (χ3n) is 5.57. The van der Waals surface area contributed by atoms with E-state index >= 15 is 0 Å². The Balaban J connectivity index is 1.43. The Bertz CT molecular complexity index is 975. The van der Waals surface area contributed by atoms with Crippen LogP contribution in [0.5, 0.6) is 0 Å². The minimum Gasteiger partial charge on any atom is -0.368 e. The molecule has 2 aromatic rings. The van der Waals surface area contributed by atoms with Gasteiger partial charge in [0.1, 0.15) is 6.04 Å². The predicted molar refractivity (Wildman–Crippen MR) is 116 cm³/mol. The lowest BCUT2D eigenvalue weighted by atomic mass is 10.1. The summed E-state index contributed by atoms with van der Waals surface area (Å²) in [5.41, 5.74) is 1.43. The second-order valence-electron chi connectivity index (χ2n) is 7.47. The standard InChI is InChI=1S/C22H21Cl2N3O3/c23-18-7-6-16(12-19(18)24)25-8-10-26(11-9-25)22(30)20-13-17(28)14-27(20)21(29)15-4-2-1-3-5-15/h1-7,12,20H,8-11,13-14H2. The number of benzene rings is 2. The second-order valence-corrected chi connectivity index (χ2v) is 8.28. The summed E-state index contributed by atoms with van der Waals surface area (Å²) in [6, 6.07) is 13.5. The van der Waals surface area contributed by atoms with Crippen LogP contribution in [-0.2, 0) is 9.59 Å². The molecule has 2 aromatic carbocycles. The van der Waals surface area contributed by atoms with Crippen LogP contribution in [0.3, 0.4) is 0 Å². The number of hydrogen-bond donors (Lipinski definition) is 0. The quantitative estimate of drug-likeness (QED) is 0.727. The third-order valence-corrected chi connectivity index (χ3v) is 6.31. The Morgan fingerprint density at radius 1 is 0.900 bits per heavy atom. The van der Waals surface area contributed by atoms with Gasteiger partial charge in [-0.05, 0) is 30.3 Å². The zero-order valence-electron chi connectivity index (χ0n) is 16.3. The summed E-state index contributed by atoms with van der Waals surface area (Å²) in [6.07, 6.45) is 0.0738. The number of anilines is 1. The fourth-order valence-electron chi connectivity index (χ4n) is 3.95. The average Bonchev–Trinajstić information content (AvgIpc) is 3.17. The fourth-order valence-corrected chi connectivity index (χ4v) is 4.24. The lowest BCUT2D eigenvalue weighted by Gasteiger charge is -2.38. The molecule has 8 heteroatoms. The second kappa shape index (κ2) is 8.66. The van der Waals surface area contributed by atoms with Crippen molar-refractivity contribution in [3.63, 3.8) is 0 Å². The van der Waals surface area contributed by atoms with E-state index in [9.17, 15) is 14.4 Å². The molecule has 2 amide bonds. The molecular formula is C22H21Cl2N3O3. The highest BCUT2D eigenvalue weighted by atomic mass is 35.5. The van der Waals surface area contributed by atoms with Crippen LogP contribution in [0.15, 0.2) is 48.5 Å². The zero-order chi connectivity index (χ0) is 21.3. The zero-order valence-corrected chi connectivity index (χ0v) is 17.8. The lowest BCUT2D eigenvalue weighted by Crippen LogP contribution is -2.54. The van der Waals surface area contributed by atoms with Crippen LogP contribution in [0.2, 0.25) is 10.0 Å². The van der Waals surface area contributed by atoms with Gasteiger partial charge in [0, 0.05) is 43.9 Å². The van der Waals surface area contributed by atoms with Crippen LogP contribution in [0, 0.1) is 0 Å². The lowest BCUT2D eigenvalue weighted by molar-refractivity contribution is -0.135. The van der Waals surface area contributed by atoms with Crippen LogP contribution in [0.1, 0.15) is 16.8 Å². The summed E-state index contributed by atoms with van der Waals surface area (Å²) in [7, 11) is 0.